The molecule has 0 saturated carbocycles. The summed E-state index contributed by atoms with van der Waals surface area (Å²) in [5.74, 6) is -0.826. The van der Waals surface area contributed by atoms with Crippen LogP contribution in [0.3, 0.4) is 0 Å². The topological polar surface area (TPSA) is 72.9 Å². The van der Waals surface area contributed by atoms with Gasteiger partial charge in [0, 0.05) is 25.5 Å². The predicted molar refractivity (Wildman–Crippen MR) is 58.5 cm³/mol. The number of aryl methyl sites for hydroxylation is 1. The van der Waals surface area contributed by atoms with Gasteiger partial charge in [-0.05, 0) is 11.8 Å². The Morgan fingerprint density at radius 1 is 1.65 bits per heavy atom. The quantitative estimate of drug-likeness (QED) is 0.799. The fourth-order valence-corrected chi connectivity index (χ4v) is 1.53. The summed E-state index contributed by atoms with van der Waals surface area (Å²) in [4.78, 5) is 11.4. The summed E-state index contributed by atoms with van der Waals surface area (Å²) in [7, 11) is 1.59. The highest BCUT2D eigenvalue weighted by molar-refractivity contribution is 8.00. The summed E-state index contributed by atoms with van der Waals surface area (Å²) in [5.41, 5.74) is 1.41. The van der Waals surface area contributed by atoms with Crippen LogP contribution in [0.2, 0.25) is 0 Å². The van der Waals surface area contributed by atoms with Gasteiger partial charge in [-0.2, -0.15) is 18.3 Å². The van der Waals surface area contributed by atoms with Gasteiger partial charge in [0.25, 0.3) is 5.91 Å². The SMILES string of the molecule is Cn1cc(N)c(C(=O)NCCSC(F)(F)F)n1. The lowest BCUT2D eigenvalue weighted by atomic mass is 10.3. The monoisotopic (exact) mass is 268 g/mol. The number of nitrogens with one attached hydrogen (secondary N) is 1. The van der Waals surface area contributed by atoms with Crippen molar-refractivity contribution in [2.24, 2.45) is 7.05 Å². The van der Waals surface area contributed by atoms with Crippen molar-refractivity contribution in [3.05, 3.63) is 11.9 Å². The smallest absolute Gasteiger partial charge is 0.396 e. The number of thioether (sulfide) groups is 1. The normalized spacial score (nSPS) is 11.5. The Labute approximate surface area is 99.5 Å². The van der Waals surface area contributed by atoms with Crippen LogP contribution in [0.15, 0.2) is 6.20 Å². The van der Waals surface area contributed by atoms with Crippen LogP contribution in [-0.4, -0.2) is 33.5 Å². The number of alkyl halides is 3. The van der Waals surface area contributed by atoms with Crippen LogP contribution < -0.4 is 11.1 Å². The predicted octanol–water partition coefficient (Wildman–Crippen LogP) is 0.985. The number of nitrogens with two attached hydrogens (primary N) is 1. The highest BCUT2D eigenvalue weighted by atomic mass is 32.2. The third-order valence-corrected chi connectivity index (χ3v) is 2.46. The van der Waals surface area contributed by atoms with Crippen molar-refractivity contribution in [3.63, 3.8) is 0 Å². The molecule has 0 radical (unpaired) electrons. The molecule has 3 N–H and O–H groups in total. The van der Waals surface area contributed by atoms with Gasteiger partial charge in [-0.1, -0.05) is 0 Å². The number of aromatic nitrogens is 2. The van der Waals surface area contributed by atoms with Crippen molar-refractivity contribution < 1.29 is 18.0 Å². The van der Waals surface area contributed by atoms with Crippen molar-refractivity contribution in [1.29, 1.82) is 0 Å². The molecular formula is C8H11F3N4OS. The molecule has 1 aromatic heterocycles. The fourth-order valence-electron chi connectivity index (χ4n) is 1.10. The van der Waals surface area contributed by atoms with Crippen molar-refractivity contribution in [2.45, 2.75) is 5.51 Å². The van der Waals surface area contributed by atoms with E-state index in [-0.39, 0.29) is 35.4 Å². The Kier molecular flexibility index (Phi) is 4.27. The Balaban J connectivity index is 2.38. The van der Waals surface area contributed by atoms with Crippen LogP contribution in [0.4, 0.5) is 18.9 Å². The number of carbonyl (C=O) groups is 1. The van der Waals surface area contributed by atoms with E-state index < -0.39 is 11.4 Å². The third-order valence-electron chi connectivity index (χ3n) is 1.73. The molecule has 0 bridgehead atoms. The second-order valence-electron chi connectivity index (χ2n) is 3.16. The van der Waals surface area contributed by atoms with Crippen molar-refractivity contribution in [2.75, 3.05) is 18.0 Å². The summed E-state index contributed by atoms with van der Waals surface area (Å²) in [6.45, 7) is -0.0982. The van der Waals surface area contributed by atoms with Crippen LogP contribution >= 0.6 is 11.8 Å². The Bertz CT molecular complexity index is 404. The van der Waals surface area contributed by atoms with Gasteiger partial charge in [-0.25, -0.2) is 0 Å². The van der Waals surface area contributed by atoms with Gasteiger partial charge in [-0.3, -0.25) is 9.48 Å². The minimum atomic E-state index is -4.28. The van der Waals surface area contributed by atoms with E-state index >= 15 is 0 Å². The summed E-state index contributed by atoms with van der Waals surface area (Å²) >= 11 is -0.191. The minimum Gasteiger partial charge on any atom is -0.396 e. The molecule has 1 amide bonds. The highest BCUT2D eigenvalue weighted by Gasteiger charge is 2.27. The molecule has 17 heavy (non-hydrogen) atoms. The number of halogens is 3. The zero-order valence-electron chi connectivity index (χ0n) is 8.91. The van der Waals surface area contributed by atoms with E-state index in [2.05, 4.69) is 10.4 Å². The first kappa shape index (κ1) is 13.7. The summed E-state index contributed by atoms with van der Waals surface area (Å²) in [6.07, 6.45) is 1.44. The van der Waals surface area contributed by atoms with E-state index in [1.54, 1.807) is 7.05 Å². The first-order valence-corrected chi connectivity index (χ1v) is 5.56. The third kappa shape index (κ3) is 4.55. The number of amides is 1. The van der Waals surface area contributed by atoms with Gasteiger partial charge in [0.15, 0.2) is 5.69 Å². The number of nitrogens with zero attached hydrogens (tertiary/aromatic N) is 2. The molecule has 0 aliphatic carbocycles. The molecule has 0 spiro atoms. The molecule has 1 rings (SSSR count). The molecule has 96 valence electrons. The fraction of sp³-hybridized carbons (Fsp3) is 0.500. The lowest BCUT2D eigenvalue weighted by molar-refractivity contribution is -0.0327. The minimum absolute atomic E-state index is 0.0181. The zero-order chi connectivity index (χ0) is 13.1. The van der Waals surface area contributed by atoms with Gasteiger partial charge < -0.3 is 11.1 Å². The number of anilines is 1. The number of rotatable bonds is 4. The largest absolute Gasteiger partial charge is 0.441 e. The van der Waals surface area contributed by atoms with Crippen molar-refractivity contribution in [3.8, 4) is 0 Å². The Morgan fingerprint density at radius 3 is 2.76 bits per heavy atom. The highest BCUT2D eigenvalue weighted by Crippen LogP contribution is 2.29. The molecule has 1 heterocycles. The van der Waals surface area contributed by atoms with Gasteiger partial charge in [0.2, 0.25) is 0 Å². The average molecular weight is 268 g/mol. The summed E-state index contributed by atoms with van der Waals surface area (Å²) < 4.78 is 36.7. The van der Waals surface area contributed by atoms with Gasteiger partial charge in [0.1, 0.15) is 0 Å². The molecule has 0 aromatic carbocycles. The molecule has 0 unspecified atom stereocenters. The molecule has 5 nitrogen and oxygen atoms in total. The Hall–Kier alpha value is -1.38. The molecule has 0 atom stereocenters. The van der Waals surface area contributed by atoms with E-state index in [1.165, 1.54) is 10.9 Å². The van der Waals surface area contributed by atoms with Crippen molar-refractivity contribution in [1.82, 2.24) is 15.1 Å². The lowest BCUT2D eigenvalue weighted by Gasteiger charge is -2.06. The lowest BCUT2D eigenvalue weighted by Crippen LogP contribution is -2.27. The maximum atomic E-state index is 11.8. The first-order chi connectivity index (χ1) is 7.79. The Morgan fingerprint density at radius 2 is 2.29 bits per heavy atom. The number of hydrogen-bond donors (Lipinski definition) is 2. The summed E-state index contributed by atoms with van der Waals surface area (Å²) in [5, 5.41) is 6.10. The first-order valence-electron chi connectivity index (χ1n) is 4.57. The molecule has 0 aliphatic heterocycles. The molecule has 0 fully saturated rings. The second kappa shape index (κ2) is 5.30. The van der Waals surface area contributed by atoms with Crippen LogP contribution in [0.25, 0.3) is 0 Å². The molecule has 9 heteroatoms. The zero-order valence-corrected chi connectivity index (χ0v) is 9.73. The van der Waals surface area contributed by atoms with Crippen LogP contribution in [0.5, 0.6) is 0 Å². The number of nitrogen functional groups attached to an aromatic ring is 1. The van der Waals surface area contributed by atoms with Gasteiger partial charge >= 0.3 is 5.51 Å². The van der Waals surface area contributed by atoms with Crippen LogP contribution in [0.1, 0.15) is 10.5 Å². The second-order valence-corrected chi connectivity index (χ2v) is 4.32. The molecule has 0 aliphatic rings. The maximum absolute atomic E-state index is 11.8. The van der Waals surface area contributed by atoms with Gasteiger partial charge in [-0.15, -0.1) is 0 Å². The van der Waals surface area contributed by atoms with Gasteiger partial charge in [0.05, 0.1) is 5.69 Å². The van der Waals surface area contributed by atoms with Crippen LogP contribution in [0, 0.1) is 0 Å². The number of carbonyl (C=O) groups excluding carboxylic acids is 1. The number of hydrogen-bond acceptors (Lipinski definition) is 4. The van der Waals surface area contributed by atoms with E-state index in [0.29, 0.717) is 0 Å². The van der Waals surface area contributed by atoms with Crippen LogP contribution in [-0.2, 0) is 7.05 Å². The molecule has 0 saturated heterocycles. The van der Waals surface area contributed by atoms with E-state index in [0.717, 1.165) is 0 Å². The average Bonchev–Trinajstić information content (AvgIpc) is 2.51. The molecule has 1 aromatic rings. The van der Waals surface area contributed by atoms with E-state index in [4.69, 9.17) is 5.73 Å². The summed E-state index contributed by atoms with van der Waals surface area (Å²) in [6, 6.07) is 0. The molecular weight excluding hydrogens is 257 g/mol. The van der Waals surface area contributed by atoms with E-state index in [9.17, 15) is 18.0 Å². The van der Waals surface area contributed by atoms with E-state index in [1.807, 2.05) is 0 Å². The van der Waals surface area contributed by atoms with Crippen molar-refractivity contribution >= 4 is 23.4 Å². The maximum Gasteiger partial charge on any atom is 0.441 e. The standard InChI is InChI=1S/C8H11F3N4OS/c1-15-4-5(12)6(14-15)7(16)13-2-3-17-8(9,10)11/h4H,2-3,12H2,1H3,(H,13,16).